The molecular formula is C27H25N5O2. The molecule has 7 nitrogen and oxygen atoms in total. The van der Waals surface area contributed by atoms with Crippen molar-refractivity contribution in [1.29, 1.82) is 0 Å². The second-order valence-corrected chi connectivity index (χ2v) is 9.01. The number of nitrogen functional groups attached to an aromatic ring is 1. The van der Waals surface area contributed by atoms with Crippen LogP contribution in [-0.2, 0) is 4.79 Å². The number of likely N-dealkylation sites (tertiary alicyclic amines) is 1. The van der Waals surface area contributed by atoms with E-state index in [4.69, 9.17) is 10.5 Å². The van der Waals surface area contributed by atoms with Crippen LogP contribution in [0.3, 0.4) is 0 Å². The number of carbonyl (C=O) groups is 1. The highest BCUT2D eigenvalue weighted by atomic mass is 16.5. The fourth-order valence-corrected chi connectivity index (χ4v) is 5.57. The number of amides is 1. The zero-order valence-electron chi connectivity index (χ0n) is 18.7. The van der Waals surface area contributed by atoms with Crippen LogP contribution in [0.2, 0.25) is 0 Å². The van der Waals surface area contributed by atoms with Crippen LogP contribution >= 0.6 is 0 Å². The minimum atomic E-state index is -0.00275. The fraction of sp³-hybridized carbons (Fsp3) is 0.222. The summed E-state index contributed by atoms with van der Waals surface area (Å²) in [7, 11) is 0. The summed E-state index contributed by atoms with van der Waals surface area (Å²) in [6.45, 7) is 4.48. The van der Waals surface area contributed by atoms with Gasteiger partial charge in [-0.15, -0.1) is 0 Å². The molecule has 0 radical (unpaired) electrons. The van der Waals surface area contributed by atoms with Crippen LogP contribution < -0.4 is 10.5 Å². The molecule has 2 aromatic carbocycles. The first-order valence-corrected chi connectivity index (χ1v) is 11.5. The second kappa shape index (κ2) is 8.02. The Hall–Kier alpha value is -4.13. The Balaban J connectivity index is 1.38. The lowest BCUT2D eigenvalue weighted by Crippen LogP contribution is -2.42. The molecular weight excluding hydrogens is 426 g/mol. The van der Waals surface area contributed by atoms with Gasteiger partial charge in [-0.05, 0) is 54.7 Å². The van der Waals surface area contributed by atoms with Gasteiger partial charge in [-0.2, -0.15) is 0 Å². The first-order valence-electron chi connectivity index (χ1n) is 11.5. The summed E-state index contributed by atoms with van der Waals surface area (Å²) < 4.78 is 8.14. The zero-order chi connectivity index (χ0) is 23.2. The maximum absolute atomic E-state index is 12.4. The molecule has 34 heavy (non-hydrogen) atoms. The summed E-state index contributed by atoms with van der Waals surface area (Å²) in [4.78, 5) is 23.3. The Morgan fingerprint density at radius 1 is 1.03 bits per heavy atom. The fourth-order valence-electron chi connectivity index (χ4n) is 5.57. The number of piperidine rings is 1. The molecule has 2 bridgehead atoms. The van der Waals surface area contributed by atoms with E-state index in [1.165, 1.54) is 12.4 Å². The number of ether oxygens (including phenoxy) is 1. The number of aromatic nitrogens is 3. The summed E-state index contributed by atoms with van der Waals surface area (Å²) >= 11 is 0. The molecule has 3 atom stereocenters. The van der Waals surface area contributed by atoms with Gasteiger partial charge in [0.05, 0.1) is 17.5 Å². The summed E-state index contributed by atoms with van der Waals surface area (Å²) in [6, 6.07) is 17.9. The van der Waals surface area contributed by atoms with Crippen molar-refractivity contribution in [2.75, 3.05) is 12.3 Å². The van der Waals surface area contributed by atoms with E-state index in [0.29, 0.717) is 11.7 Å². The Morgan fingerprint density at radius 2 is 1.76 bits per heavy atom. The Labute approximate surface area is 197 Å². The average Bonchev–Trinajstić information content (AvgIpc) is 3.58. The van der Waals surface area contributed by atoms with E-state index in [-0.39, 0.29) is 18.0 Å². The molecule has 6 rings (SSSR count). The van der Waals surface area contributed by atoms with Gasteiger partial charge in [0.2, 0.25) is 5.91 Å². The molecule has 1 aliphatic heterocycles. The van der Waals surface area contributed by atoms with Crippen LogP contribution in [0.4, 0.5) is 5.82 Å². The minimum Gasteiger partial charge on any atom is -0.457 e. The number of hydrogen-bond acceptors (Lipinski definition) is 5. The Bertz CT molecular complexity index is 1380. The van der Waals surface area contributed by atoms with Crippen LogP contribution in [0.1, 0.15) is 18.9 Å². The van der Waals surface area contributed by atoms with Crippen molar-refractivity contribution in [2.24, 2.45) is 5.92 Å². The topological polar surface area (TPSA) is 86.3 Å². The molecule has 1 aliphatic carbocycles. The predicted octanol–water partition coefficient (Wildman–Crippen LogP) is 4.82. The van der Waals surface area contributed by atoms with Crippen LogP contribution in [0, 0.1) is 5.92 Å². The van der Waals surface area contributed by atoms with Gasteiger partial charge in [-0.1, -0.05) is 36.9 Å². The van der Waals surface area contributed by atoms with Crippen molar-refractivity contribution in [2.45, 2.75) is 24.9 Å². The van der Waals surface area contributed by atoms with E-state index in [0.717, 1.165) is 53.0 Å². The number of benzene rings is 2. The molecule has 3 unspecified atom stereocenters. The van der Waals surface area contributed by atoms with Crippen molar-refractivity contribution >= 4 is 22.8 Å². The van der Waals surface area contributed by atoms with Gasteiger partial charge in [0.25, 0.3) is 0 Å². The molecule has 0 spiro atoms. The summed E-state index contributed by atoms with van der Waals surface area (Å²) in [6.07, 6.45) is 7.06. The Kier molecular flexibility index (Phi) is 4.83. The molecule has 1 saturated heterocycles. The van der Waals surface area contributed by atoms with Crippen LogP contribution in [0.15, 0.2) is 79.8 Å². The predicted molar refractivity (Wildman–Crippen MR) is 131 cm³/mol. The summed E-state index contributed by atoms with van der Waals surface area (Å²) in [5, 5.41) is 0.837. The van der Waals surface area contributed by atoms with E-state index in [2.05, 4.69) is 27.3 Å². The normalized spacial score (nSPS) is 21.2. The number of fused-ring (bicyclic) bond motifs is 3. The number of nitrogens with two attached hydrogens (primary N) is 1. The highest BCUT2D eigenvalue weighted by Gasteiger charge is 2.47. The molecule has 2 N–H and O–H groups in total. The minimum absolute atomic E-state index is 0.00275. The maximum Gasteiger partial charge on any atom is 0.246 e. The quantitative estimate of drug-likeness (QED) is 0.440. The molecule has 2 aliphatic rings. The highest BCUT2D eigenvalue weighted by molar-refractivity contribution is 6.00. The van der Waals surface area contributed by atoms with Gasteiger partial charge in [0, 0.05) is 18.3 Å². The first-order chi connectivity index (χ1) is 16.6. The molecule has 2 aromatic heterocycles. The third-order valence-corrected chi connectivity index (χ3v) is 7.05. The zero-order valence-corrected chi connectivity index (χ0v) is 18.7. The highest BCUT2D eigenvalue weighted by Crippen LogP contribution is 2.47. The maximum atomic E-state index is 12.4. The van der Waals surface area contributed by atoms with Crippen molar-refractivity contribution in [3.63, 3.8) is 0 Å². The van der Waals surface area contributed by atoms with Gasteiger partial charge in [0.1, 0.15) is 29.3 Å². The largest absolute Gasteiger partial charge is 0.457 e. The van der Waals surface area contributed by atoms with Crippen molar-refractivity contribution in [1.82, 2.24) is 19.4 Å². The molecule has 2 fully saturated rings. The van der Waals surface area contributed by atoms with Gasteiger partial charge in [-0.3, -0.25) is 4.79 Å². The summed E-state index contributed by atoms with van der Waals surface area (Å²) in [5.41, 5.74) is 9.13. The van der Waals surface area contributed by atoms with Crippen LogP contribution in [0.5, 0.6) is 11.5 Å². The number of nitrogens with zero attached hydrogens (tertiary/aromatic N) is 4. The first kappa shape index (κ1) is 20.5. The molecule has 170 valence electrons. The van der Waals surface area contributed by atoms with Crippen molar-refractivity contribution in [3.05, 3.63) is 79.8 Å². The Morgan fingerprint density at radius 3 is 2.50 bits per heavy atom. The van der Waals surface area contributed by atoms with Crippen LogP contribution in [0.25, 0.3) is 22.2 Å². The third-order valence-electron chi connectivity index (χ3n) is 7.05. The van der Waals surface area contributed by atoms with E-state index < -0.39 is 0 Å². The molecule has 7 heteroatoms. The lowest BCUT2D eigenvalue weighted by Gasteiger charge is -2.33. The SMILES string of the molecule is C=CC(=O)N1CC2CC1C(n1cc(-c3ccc(Oc4ccccc4)cc3)c3c(N)ncnc31)C2. The van der Waals surface area contributed by atoms with E-state index in [1.54, 1.807) is 0 Å². The third kappa shape index (κ3) is 3.32. The number of rotatable bonds is 5. The summed E-state index contributed by atoms with van der Waals surface area (Å²) in [5.74, 6) is 2.49. The van der Waals surface area contributed by atoms with Crippen molar-refractivity contribution < 1.29 is 9.53 Å². The van der Waals surface area contributed by atoms with Gasteiger partial charge >= 0.3 is 0 Å². The average molecular weight is 452 g/mol. The lowest BCUT2D eigenvalue weighted by molar-refractivity contribution is -0.128. The van der Waals surface area contributed by atoms with E-state index in [1.807, 2.05) is 59.5 Å². The number of hydrogen-bond donors (Lipinski definition) is 1. The number of anilines is 1. The monoisotopic (exact) mass is 451 g/mol. The molecule has 1 amide bonds. The standard InChI is InChI=1S/C27H25N5O2/c1-2-24(33)31-14-17-12-22(31)23(13-17)32-15-21(25-26(28)29-16-30-27(25)32)18-8-10-20(11-9-18)34-19-6-4-3-5-7-19/h2-11,15-17,22-23H,1,12-14H2,(H2,28,29,30). The second-order valence-electron chi connectivity index (χ2n) is 9.01. The van der Waals surface area contributed by atoms with Crippen molar-refractivity contribution in [3.8, 4) is 22.6 Å². The number of carbonyl (C=O) groups excluding carboxylic acids is 1. The van der Waals surface area contributed by atoms with Gasteiger partial charge in [-0.25, -0.2) is 9.97 Å². The van der Waals surface area contributed by atoms with E-state index >= 15 is 0 Å². The van der Waals surface area contributed by atoms with Gasteiger partial charge < -0.3 is 19.9 Å². The lowest BCUT2D eigenvalue weighted by atomic mass is 10.1. The molecule has 1 saturated carbocycles. The number of para-hydroxylation sites is 1. The van der Waals surface area contributed by atoms with Gasteiger partial charge in [0.15, 0.2) is 0 Å². The van der Waals surface area contributed by atoms with Crippen LogP contribution in [-0.4, -0.2) is 37.9 Å². The molecule has 4 aromatic rings. The van der Waals surface area contributed by atoms with E-state index in [9.17, 15) is 4.79 Å². The smallest absolute Gasteiger partial charge is 0.246 e. The molecule has 3 heterocycles.